The van der Waals surface area contributed by atoms with Crippen molar-refractivity contribution in [1.82, 2.24) is 0 Å². The number of hydrogen-bond acceptors (Lipinski definition) is 4. The molecule has 1 atom stereocenters. The molecule has 4 heteroatoms. The van der Waals surface area contributed by atoms with Crippen LogP contribution in [0.3, 0.4) is 0 Å². The summed E-state index contributed by atoms with van der Waals surface area (Å²) in [6, 6.07) is 3.29. The Kier molecular flexibility index (Phi) is 2.09. The second-order valence-corrected chi connectivity index (χ2v) is 4.51. The summed E-state index contributed by atoms with van der Waals surface area (Å²) in [6.07, 6.45) is 2.90. The molecular formula is C12H14N2O2. The van der Waals surface area contributed by atoms with Gasteiger partial charge in [-0.2, -0.15) is 4.91 Å². The van der Waals surface area contributed by atoms with Gasteiger partial charge in [-0.1, -0.05) is 11.2 Å². The van der Waals surface area contributed by atoms with E-state index in [9.17, 15) is 10.0 Å². The molecule has 0 aliphatic carbocycles. The van der Waals surface area contributed by atoms with E-state index in [2.05, 4.69) is 10.1 Å². The normalized spacial score (nSPS) is 22.8. The van der Waals surface area contributed by atoms with Gasteiger partial charge in [-0.05, 0) is 30.9 Å². The van der Waals surface area contributed by atoms with E-state index in [1.54, 1.807) is 6.07 Å². The lowest BCUT2D eigenvalue weighted by Gasteiger charge is -2.38. The molecule has 1 aromatic rings. The number of nitroso groups, excluding NO2 is 1. The van der Waals surface area contributed by atoms with Crippen LogP contribution in [0.4, 0.5) is 5.69 Å². The summed E-state index contributed by atoms with van der Waals surface area (Å²) in [7, 11) is 0. The van der Waals surface area contributed by atoms with Crippen molar-refractivity contribution in [2.75, 3.05) is 18.0 Å². The molecule has 0 amide bonds. The van der Waals surface area contributed by atoms with Crippen LogP contribution >= 0.6 is 0 Å². The topological polar surface area (TPSA) is 52.9 Å². The highest BCUT2D eigenvalue weighted by Crippen LogP contribution is 2.45. The number of nitrogens with zero attached hydrogens (tertiary/aromatic N) is 2. The molecule has 0 aromatic heterocycles. The van der Waals surface area contributed by atoms with Gasteiger partial charge in [-0.3, -0.25) is 0 Å². The van der Waals surface area contributed by atoms with Crippen molar-refractivity contribution in [2.24, 2.45) is 5.18 Å². The van der Waals surface area contributed by atoms with Crippen molar-refractivity contribution < 1.29 is 5.11 Å². The van der Waals surface area contributed by atoms with E-state index in [-0.39, 0.29) is 11.8 Å². The van der Waals surface area contributed by atoms with E-state index in [1.165, 1.54) is 5.56 Å². The summed E-state index contributed by atoms with van der Waals surface area (Å²) in [4.78, 5) is 13.1. The van der Waals surface area contributed by atoms with Gasteiger partial charge >= 0.3 is 0 Å². The third-order valence-electron chi connectivity index (χ3n) is 3.60. The molecule has 1 unspecified atom stereocenters. The van der Waals surface area contributed by atoms with Crippen LogP contribution in [0.5, 0.6) is 5.75 Å². The van der Waals surface area contributed by atoms with Crippen LogP contribution in [0.2, 0.25) is 0 Å². The van der Waals surface area contributed by atoms with Gasteiger partial charge in [0, 0.05) is 24.3 Å². The zero-order valence-corrected chi connectivity index (χ0v) is 9.02. The smallest absolute Gasteiger partial charge is 0.124 e. The first-order valence-corrected chi connectivity index (χ1v) is 5.73. The molecule has 2 aliphatic rings. The van der Waals surface area contributed by atoms with Crippen LogP contribution in [0.25, 0.3) is 0 Å². The van der Waals surface area contributed by atoms with E-state index in [1.807, 2.05) is 6.07 Å². The van der Waals surface area contributed by atoms with Gasteiger partial charge in [-0.15, -0.1) is 0 Å². The molecule has 0 bridgehead atoms. The van der Waals surface area contributed by atoms with Gasteiger partial charge in [0.15, 0.2) is 0 Å². The lowest BCUT2D eigenvalue weighted by Crippen LogP contribution is -2.35. The average Bonchev–Trinajstić information content (AvgIpc) is 2.33. The number of benzene rings is 1. The molecule has 0 saturated heterocycles. The van der Waals surface area contributed by atoms with Crippen molar-refractivity contribution in [1.29, 1.82) is 0 Å². The van der Waals surface area contributed by atoms with Crippen molar-refractivity contribution in [3.05, 3.63) is 28.2 Å². The van der Waals surface area contributed by atoms with Crippen LogP contribution in [-0.4, -0.2) is 18.2 Å². The summed E-state index contributed by atoms with van der Waals surface area (Å²) >= 11 is 0. The predicted octanol–water partition coefficient (Wildman–Crippen LogP) is 2.36. The number of hydrogen-bond donors (Lipinski definition) is 1. The van der Waals surface area contributed by atoms with Gasteiger partial charge in [-0.25, -0.2) is 0 Å². The maximum atomic E-state index is 10.8. The Hall–Kier alpha value is -1.58. The van der Waals surface area contributed by atoms with Crippen LogP contribution in [0.15, 0.2) is 17.3 Å². The van der Waals surface area contributed by atoms with E-state index < -0.39 is 0 Å². The summed E-state index contributed by atoms with van der Waals surface area (Å²) < 4.78 is 0. The van der Waals surface area contributed by atoms with Crippen molar-refractivity contribution in [2.45, 2.75) is 25.3 Å². The monoisotopic (exact) mass is 218 g/mol. The molecule has 16 heavy (non-hydrogen) atoms. The number of phenolic OH excluding ortho intramolecular Hbond substituents is 1. The van der Waals surface area contributed by atoms with Gasteiger partial charge in [0.05, 0.1) is 0 Å². The Bertz CT molecular complexity index is 445. The Morgan fingerprint density at radius 2 is 2.25 bits per heavy atom. The highest BCUT2D eigenvalue weighted by Gasteiger charge is 2.32. The van der Waals surface area contributed by atoms with Crippen molar-refractivity contribution in [3.63, 3.8) is 0 Å². The number of aromatic hydroxyl groups is 1. The zero-order chi connectivity index (χ0) is 11.1. The van der Waals surface area contributed by atoms with Gasteiger partial charge < -0.3 is 10.0 Å². The van der Waals surface area contributed by atoms with E-state index in [0.29, 0.717) is 6.42 Å². The second kappa shape index (κ2) is 3.47. The molecule has 0 spiro atoms. The lowest BCUT2D eigenvalue weighted by molar-refractivity contribution is 0.450. The minimum Gasteiger partial charge on any atom is -0.508 e. The largest absolute Gasteiger partial charge is 0.508 e. The van der Waals surface area contributed by atoms with E-state index >= 15 is 0 Å². The van der Waals surface area contributed by atoms with Crippen molar-refractivity contribution in [3.8, 4) is 5.75 Å². The fraction of sp³-hybridized carbons (Fsp3) is 0.500. The standard InChI is InChI=1S/C12H14N2O2/c15-10-4-3-8-2-1-6-14-7-5-9(13-16)11(10)12(8)14/h3-4,9,15H,1-2,5-7H2. The molecular weight excluding hydrogens is 204 g/mol. The van der Waals surface area contributed by atoms with E-state index in [0.717, 1.165) is 37.2 Å². The predicted molar refractivity (Wildman–Crippen MR) is 61.8 cm³/mol. The number of anilines is 1. The SMILES string of the molecule is O=NC1CCN2CCCc3ccc(O)c1c32. The van der Waals surface area contributed by atoms with Crippen LogP contribution in [-0.2, 0) is 6.42 Å². The van der Waals surface area contributed by atoms with Gasteiger partial charge in [0.25, 0.3) is 0 Å². The van der Waals surface area contributed by atoms with Gasteiger partial charge in [0.2, 0.25) is 0 Å². The van der Waals surface area contributed by atoms with Gasteiger partial charge in [0.1, 0.15) is 11.8 Å². The quantitative estimate of drug-likeness (QED) is 0.736. The Morgan fingerprint density at radius 3 is 3.06 bits per heavy atom. The molecule has 1 aromatic carbocycles. The minimum atomic E-state index is -0.371. The first kappa shape index (κ1) is 9.63. The Labute approximate surface area is 93.9 Å². The number of aryl methyl sites for hydroxylation is 1. The minimum absolute atomic E-state index is 0.218. The van der Waals surface area contributed by atoms with Crippen LogP contribution < -0.4 is 4.90 Å². The summed E-state index contributed by atoms with van der Waals surface area (Å²) in [5.41, 5.74) is 3.06. The lowest BCUT2D eigenvalue weighted by atomic mass is 9.89. The molecule has 2 heterocycles. The number of rotatable bonds is 1. The summed E-state index contributed by atoms with van der Waals surface area (Å²) in [5.74, 6) is 0.218. The average molecular weight is 218 g/mol. The third kappa shape index (κ3) is 1.22. The zero-order valence-electron chi connectivity index (χ0n) is 9.02. The molecule has 2 aliphatic heterocycles. The Morgan fingerprint density at radius 1 is 1.38 bits per heavy atom. The fourth-order valence-electron chi connectivity index (χ4n) is 2.87. The van der Waals surface area contributed by atoms with Crippen molar-refractivity contribution >= 4 is 5.69 Å². The molecule has 1 N–H and O–H groups in total. The molecule has 3 rings (SSSR count). The molecule has 4 nitrogen and oxygen atoms in total. The second-order valence-electron chi connectivity index (χ2n) is 4.51. The van der Waals surface area contributed by atoms with E-state index in [4.69, 9.17) is 0 Å². The fourth-order valence-corrected chi connectivity index (χ4v) is 2.87. The number of phenols is 1. The molecule has 0 fully saturated rings. The highest BCUT2D eigenvalue weighted by molar-refractivity contribution is 5.68. The molecule has 0 radical (unpaired) electrons. The summed E-state index contributed by atoms with van der Waals surface area (Å²) in [6.45, 7) is 1.90. The molecule has 84 valence electrons. The maximum absolute atomic E-state index is 10.8. The molecule has 0 saturated carbocycles. The Balaban J connectivity index is 2.23. The van der Waals surface area contributed by atoms with Crippen LogP contribution in [0, 0.1) is 4.91 Å². The third-order valence-corrected chi connectivity index (χ3v) is 3.60. The first-order valence-electron chi connectivity index (χ1n) is 5.73. The highest BCUT2D eigenvalue weighted by atomic mass is 16.3. The first-order chi connectivity index (χ1) is 7.81. The summed E-state index contributed by atoms with van der Waals surface area (Å²) in [5, 5.41) is 13.0. The van der Waals surface area contributed by atoms with Crippen LogP contribution in [0.1, 0.15) is 30.0 Å². The maximum Gasteiger partial charge on any atom is 0.124 e.